The largest absolute Gasteiger partial charge is 0.375 e. The number of hydrogen-bond donors (Lipinski definition) is 1. The molecule has 1 N–H and O–H groups in total. The molecule has 0 aromatic rings. The van der Waals surface area contributed by atoms with Gasteiger partial charge in [-0.3, -0.25) is 0 Å². The maximum absolute atomic E-state index is 5.67. The number of nitrogens with zero attached hydrogens (tertiary/aromatic N) is 1. The molecule has 108 valence electrons. The molecule has 0 aliphatic carbocycles. The monoisotopic (exact) mass is 256 g/mol. The molecule has 1 rings (SSSR count). The van der Waals surface area contributed by atoms with Gasteiger partial charge in [0, 0.05) is 12.6 Å². The topological polar surface area (TPSA) is 24.5 Å². The summed E-state index contributed by atoms with van der Waals surface area (Å²) < 4.78 is 5.67. The Balaban J connectivity index is 1.92. The number of piperidine rings is 1. The molecule has 0 aromatic heterocycles. The molecule has 0 bridgehead atoms. The molecule has 1 aliphatic rings. The van der Waals surface area contributed by atoms with Crippen LogP contribution in [0.3, 0.4) is 0 Å². The Bertz CT molecular complexity index is 213. The second-order valence-corrected chi connectivity index (χ2v) is 6.45. The SMILES string of the molecule is CC1CCCCN1CCCNCCOC(C)(C)C. The van der Waals surface area contributed by atoms with Crippen molar-refractivity contribution >= 4 is 0 Å². The molecule has 1 unspecified atom stereocenters. The van der Waals surface area contributed by atoms with Crippen molar-refractivity contribution in [3.63, 3.8) is 0 Å². The van der Waals surface area contributed by atoms with Crippen LogP contribution in [0.1, 0.15) is 53.4 Å². The van der Waals surface area contributed by atoms with Crippen LogP contribution in [0.25, 0.3) is 0 Å². The van der Waals surface area contributed by atoms with E-state index in [1.165, 1.54) is 38.8 Å². The van der Waals surface area contributed by atoms with E-state index in [1.807, 2.05) is 0 Å². The van der Waals surface area contributed by atoms with Crippen molar-refractivity contribution in [3.8, 4) is 0 Å². The summed E-state index contributed by atoms with van der Waals surface area (Å²) in [5.74, 6) is 0. The zero-order valence-corrected chi connectivity index (χ0v) is 12.8. The predicted molar refractivity (Wildman–Crippen MR) is 78.1 cm³/mol. The molecule has 3 nitrogen and oxygen atoms in total. The van der Waals surface area contributed by atoms with Crippen LogP contribution in [-0.4, -0.2) is 49.3 Å². The molecular formula is C15H32N2O. The number of hydrogen-bond acceptors (Lipinski definition) is 3. The molecule has 18 heavy (non-hydrogen) atoms. The van der Waals surface area contributed by atoms with Crippen molar-refractivity contribution < 1.29 is 4.74 Å². The van der Waals surface area contributed by atoms with Gasteiger partial charge in [-0.15, -0.1) is 0 Å². The lowest BCUT2D eigenvalue weighted by atomic mass is 10.0. The highest BCUT2D eigenvalue weighted by molar-refractivity contribution is 4.72. The van der Waals surface area contributed by atoms with Crippen molar-refractivity contribution in [2.45, 2.75) is 65.0 Å². The summed E-state index contributed by atoms with van der Waals surface area (Å²) in [5, 5.41) is 3.46. The van der Waals surface area contributed by atoms with Crippen LogP contribution in [0.4, 0.5) is 0 Å². The lowest BCUT2D eigenvalue weighted by Gasteiger charge is -2.33. The van der Waals surface area contributed by atoms with Crippen LogP contribution in [0, 0.1) is 0 Å². The van der Waals surface area contributed by atoms with Gasteiger partial charge < -0.3 is 15.0 Å². The van der Waals surface area contributed by atoms with E-state index in [9.17, 15) is 0 Å². The van der Waals surface area contributed by atoms with E-state index in [0.29, 0.717) is 0 Å². The van der Waals surface area contributed by atoms with Gasteiger partial charge in [-0.1, -0.05) is 6.42 Å². The molecule has 0 saturated carbocycles. The second kappa shape index (κ2) is 8.13. The van der Waals surface area contributed by atoms with Crippen LogP contribution in [0.15, 0.2) is 0 Å². The average molecular weight is 256 g/mol. The third-order valence-electron chi connectivity index (χ3n) is 3.55. The number of ether oxygens (including phenoxy) is 1. The quantitative estimate of drug-likeness (QED) is 0.709. The molecule has 3 heteroatoms. The number of rotatable bonds is 7. The van der Waals surface area contributed by atoms with Crippen molar-refractivity contribution in [2.24, 2.45) is 0 Å². The molecular weight excluding hydrogens is 224 g/mol. The van der Waals surface area contributed by atoms with E-state index in [4.69, 9.17) is 4.74 Å². The zero-order chi connectivity index (χ0) is 13.4. The first-order chi connectivity index (χ1) is 8.49. The van der Waals surface area contributed by atoms with E-state index in [2.05, 4.69) is 37.9 Å². The van der Waals surface area contributed by atoms with Gasteiger partial charge in [0.1, 0.15) is 0 Å². The highest BCUT2D eigenvalue weighted by Crippen LogP contribution is 2.15. The smallest absolute Gasteiger partial charge is 0.0599 e. The van der Waals surface area contributed by atoms with Gasteiger partial charge in [-0.05, 0) is 66.6 Å². The Morgan fingerprint density at radius 1 is 1.22 bits per heavy atom. The summed E-state index contributed by atoms with van der Waals surface area (Å²) >= 11 is 0. The van der Waals surface area contributed by atoms with Crippen molar-refractivity contribution in [2.75, 3.05) is 32.8 Å². The average Bonchev–Trinajstić information content (AvgIpc) is 2.28. The minimum atomic E-state index is -0.00901. The summed E-state index contributed by atoms with van der Waals surface area (Å²) in [7, 11) is 0. The first-order valence-corrected chi connectivity index (χ1v) is 7.58. The van der Waals surface area contributed by atoms with E-state index in [0.717, 1.165) is 25.7 Å². The lowest BCUT2D eigenvalue weighted by Crippen LogP contribution is -2.39. The Morgan fingerprint density at radius 3 is 2.67 bits per heavy atom. The molecule has 1 fully saturated rings. The van der Waals surface area contributed by atoms with Crippen molar-refractivity contribution in [1.29, 1.82) is 0 Å². The molecule has 1 aliphatic heterocycles. The zero-order valence-electron chi connectivity index (χ0n) is 12.8. The van der Waals surface area contributed by atoms with E-state index >= 15 is 0 Å². The van der Waals surface area contributed by atoms with Gasteiger partial charge in [-0.25, -0.2) is 0 Å². The standard InChI is InChI=1S/C15H32N2O/c1-14-8-5-6-11-17(14)12-7-9-16-10-13-18-15(2,3)4/h14,16H,5-13H2,1-4H3. The minimum absolute atomic E-state index is 0.00901. The Labute approximate surface area is 113 Å². The molecule has 1 saturated heterocycles. The predicted octanol–water partition coefficient (Wildman–Crippen LogP) is 2.66. The van der Waals surface area contributed by atoms with Gasteiger partial charge in [0.15, 0.2) is 0 Å². The van der Waals surface area contributed by atoms with Gasteiger partial charge in [0.25, 0.3) is 0 Å². The molecule has 0 aromatic carbocycles. The summed E-state index contributed by atoms with van der Waals surface area (Å²) in [5.41, 5.74) is -0.00901. The van der Waals surface area contributed by atoms with Crippen molar-refractivity contribution in [1.82, 2.24) is 10.2 Å². The Hall–Kier alpha value is -0.120. The fraction of sp³-hybridized carbons (Fsp3) is 1.00. The van der Waals surface area contributed by atoms with E-state index in [1.54, 1.807) is 0 Å². The van der Waals surface area contributed by atoms with Crippen LogP contribution in [0.5, 0.6) is 0 Å². The Morgan fingerprint density at radius 2 is 2.00 bits per heavy atom. The second-order valence-electron chi connectivity index (χ2n) is 6.45. The fourth-order valence-electron chi connectivity index (χ4n) is 2.45. The van der Waals surface area contributed by atoms with Crippen LogP contribution in [0.2, 0.25) is 0 Å². The highest BCUT2D eigenvalue weighted by atomic mass is 16.5. The molecule has 0 spiro atoms. The fourth-order valence-corrected chi connectivity index (χ4v) is 2.45. The number of nitrogens with one attached hydrogen (secondary N) is 1. The summed E-state index contributed by atoms with van der Waals surface area (Å²) in [6.07, 6.45) is 5.43. The van der Waals surface area contributed by atoms with E-state index < -0.39 is 0 Å². The lowest BCUT2D eigenvalue weighted by molar-refractivity contribution is -0.000824. The maximum Gasteiger partial charge on any atom is 0.0599 e. The first kappa shape index (κ1) is 15.9. The summed E-state index contributed by atoms with van der Waals surface area (Å²) in [4.78, 5) is 2.64. The minimum Gasteiger partial charge on any atom is -0.375 e. The number of likely N-dealkylation sites (tertiary alicyclic amines) is 1. The normalized spacial score (nSPS) is 22.3. The summed E-state index contributed by atoms with van der Waals surface area (Å²) in [6.45, 7) is 14.1. The van der Waals surface area contributed by atoms with Gasteiger partial charge in [0.2, 0.25) is 0 Å². The third kappa shape index (κ3) is 7.34. The van der Waals surface area contributed by atoms with Crippen LogP contribution >= 0.6 is 0 Å². The molecule has 0 amide bonds. The van der Waals surface area contributed by atoms with Crippen LogP contribution in [-0.2, 0) is 4.74 Å². The Kier molecular flexibility index (Phi) is 7.20. The maximum atomic E-state index is 5.67. The molecule has 0 radical (unpaired) electrons. The summed E-state index contributed by atoms with van der Waals surface area (Å²) in [6, 6.07) is 0.794. The molecule has 1 heterocycles. The van der Waals surface area contributed by atoms with E-state index in [-0.39, 0.29) is 5.60 Å². The van der Waals surface area contributed by atoms with Gasteiger partial charge in [0.05, 0.1) is 12.2 Å². The third-order valence-corrected chi connectivity index (χ3v) is 3.55. The van der Waals surface area contributed by atoms with Gasteiger partial charge in [-0.2, -0.15) is 0 Å². The first-order valence-electron chi connectivity index (χ1n) is 7.58. The van der Waals surface area contributed by atoms with Crippen molar-refractivity contribution in [3.05, 3.63) is 0 Å². The molecule has 1 atom stereocenters. The van der Waals surface area contributed by atoms with Crippen LogP contribution < -0.4 is 5.32 Å². The van der Waals surface area contributed by atoms with Gasteiger partial charge >= 0.3 is 0 Å². The highest BCUT2D eigenvalue weighted by Gasteiger charge is 2.16.